The summed E-state index contributed by atoms with van der Waals surface area (Å²) in [6.07, 6.45) is 2.86. The Balaban J connectivity index is 2.06. The maximum atomic E-state index is 13.0. The van der Waals surface area contributed by atoms with Crippen molar-refractivity contribution >= 4 is 34.8 Å². The normalized spacial score (nSPS) is 22.3. The van der Waals surface area contributed by atoms with E-state index in [2.05, 4.69) is 18.8 Å². The van der Waals surface area contributed by atoms with Crippen molar-refractivity contribution in [1.29, 1.82) is 0 Å². The lowest BCUT2D eigenvalue weighted by atomic mass is 9.91. The highest BCUT2D eigenvalue weighted by Crippen LogP contribution is 2.27. The zero-order chi connectivity index (χ0) is 16.0. The molecule has 0 aromatic carbocycles. The third-order valence-corrected chi connectivity index (χ3v) is 4.66. The molecule has 1 saturated heterocycles. The molecule has 1 aliphatic heterocycles. The largest absolute Gasteiger partial charge is 0.337 e. The van der Waals surface area contributed by atoms with Crippen LogP contribution in [-0.2, 0) is 0 Å². The number of hydrogen-bond donors (Lipinski definition) is 0. The number of rotatable bonds is 1. The number of likely N-dealkylation sites (tertiary alicyclic amines) is 1. The van der Waals surface area contributed by atoms with E-state index in [0.29, 0.717) is 38.9 Å². The van der Waals surface area contributed by atoms with Crippen LogP contribution in [0.25, 0.3) is 5.65 Å². The van der Waals surface area contributed by atoms with Crippen molar-refractivity contribution < 1.29 is 4.79 Å². The molecule has 0 saturated carbocycles. The Morgan fingerprint density at radius 2 is 1.91 bits per heavy atom. The van der Waals surface area contributed by atoms with Gasteiger partial charge >= 0.3 is 0 Å². The lowest BCUT2D eigenvalue weighted by Crippen LogP contribution is -2.43. The third kappa shape index (κ3) is 2.70. The molecule has 0 N–H and O–H groups in total. The standard InChI is InChI=1S/C16H19Cl2N3O/c1-9-4-10(2)7-20(6-9)16(22)14-11(3)19-15-13(18)5-12(17)8-21(14)15/h5,8-10H,4,6-7H2,1-3H3. The van der Waals surface area contributed by atoms with Crippen molar-refractivity contribution in [2.45, 2.75) is 27.2 Å². The summed E-state index contributed by atoms with van der Waals surface area (Å²) in [5.41, 5.74) is 1.81. The Morgan fingerprint density at radius 3 is 2.55 bits per heavy atom. The van der Waals surface area contributed by atoms with E-state index in [1.807, 2.05) is 11.8 Å². The molecule has 0 radical (unpaired) electrons. The van der Waals surface area contributed by atoms with Gasteiger partial charge in [0.05, 0.1) is 15.7 Å². The highest BCUT2D eigenvalue weighted by molar-refractivity contribution is 6.36. The second-order valence-electron chi connectivity index (χ2n) is 6.40. The second-order valence-corrected chi connectivity index (χ2v) is 7.25. The molecule has 2 atom stereocenters. The van der Waals surface area contributed by atoms with Crippen molar-refractivity contribution in [3.05, 3.63) is 33.7 Å². The SMILES string of the molecule is Cc1nc2c(Cl)cc(Cl)cn2c1C(=O)N1CC(C)CC(C)C1. The predicted octanol–water partition coefficient (Wildman–Crippen LogP) is 4.07. The van der Waals surface area contributed by atoms with Crippen molar-refractivity contribution in [1.82, 2.24) is 14.3 Å². The zero-order valence-electron chi connectivity index (χ0n) is 12.9. The quantitative estimate of drug-likeness (QED) is 0.785. The summed E-state index contributed by atoms with van der Waals surface area (Å²) in [4.78, 5) is 19.3. The van der Waals surface area contributed by atoms with Crippen LogP contribution in [0.4, 0.5) is 0 Å². The fraction of sp³-hybridized carbons (Fsp3) is 0.500. The number of carbonyl (C=O) groups excluding carboxylic acids is 1. The average molecular weight is 340 g/mol. The molecule has 0 aliphatic carbocycles. The van der Waals surface area contributed by atoms with Gasteiger partial charge in [0.2, 0.25) is 0 Å². The minimum Gasteiger partial charge on any atom is -0.337 e. The molecule has 4 nitrogen and oxygen atoms in total. The molecule has 0 bridgehead atoms. The number of fused-ring (bicyclic) bond motifs is 1. The molecular weight excluding hydrogens is 321 g/mol. The third-order valence-electron chi connectivity index (χ3n) is 4.17. The number of hydrogen-bond acceptors (Lipinski definition) is 2. The smallest absolute Gasteiger partial charge is 0.272 e. The summed E-state index contributed by atoms with van der Waals surface area (Å²) in [5, 5.41) is 0.944. The molecular formula is C16H19Cl2N3O. The number of pyridine rings is 1. The Morgan fingerprint density at radius 1 is 1.27 bits per heavy atom. The van der Waals surface area contributed by atoms with Gasteiger partial charge in [-0.05, 0) is 31.2 Å². The molecule has 2 aromatic heterocycles. The Labute approximate surface area is 140 Å². The minimum absolute atomic E-state index is 0.00160. The zero-order valence-corrected chi connectivity index (χ0v) is 14.4. The van der Waals surface area contributed by atoms with Crippen LogP contribution in [0.5, 0.6) is 0 Å². The van der Waals surface area contributed by atoms with Crippen LogP contribution in [0.3, 0.4) is 0 Å². The van der Waals surface area contributed by atoms with Crippen LogP contribution in [0.2, 0.25) is 10.0 Å². The first-order valence-corrected chi connectivity index (χ1v) is 8.25. The number of piperidine rings is 1. The number of nitrogens with zero attached hydrogens (tertiary/aromatic N) is 3. The van der Waals surface area contributed by atoms with E-state index in [1.54, 1.807) is 16.7 Å². The van der Waals surface area contributed by atoms with E-state index in [4.69, 9.17) is 23.2 Å². The molecule has 1 aliphatic rings. The van der Waals surface area contributed by atoms with Gasteiger partial charge in [-0.2, -0.15) is 0 Å². The highest BCUT2D eigenvalue weighted by atomic mass is 35.5. The van der Waals surface area contributed by atoms with Crippen LogP contribution in [0, 0.1) is 18.8 Å². The van der Waals surface area contributed by atoms with Crippen molar-refractivity contribution in [3.8, 4) is 0 Å². The van der Waals surface area contributed by atoms with E-state index < -0.39 is 0 Å². The van der Waals surface area contributed by atoms with Gasteiger partial charge in [-0.25, -0.2) is 4.98 Å². The average Bonchev–Trinajstić information content (AvgIpc) is 2.73. The van der Waals surface area contributed by atoms with E-state index in [9.17, 15) is 4.79 Å². The lowest BCUT2D eigenvalue weighted by molar-refractivity contribution is 0.0615. The number of aromatic nitrogens is 2. The van der Waals surface area contributed by atoms with Crippen LogP contribution in [-0.4, -0.2) is 33.3 Å². The molecule has 0 spiro atoms. The first-order valence-electron chi connectivity index (χ1n) is 7.49. The van der Waals surface area contributed by atoms with Gasteiger partial charge < -0.3 is 4.90 Å². The Kier molecular flexibility index (Phi) is 4.08. The van der Waals surface area contributed by atoms with Gasteiger partial charge in [-0.1, -0.05) is 37.0 Å². The maximum Gasteiger partial charge on any atom is 0.272 e. The first kappa shape index (κ1) is 15.6. The fourth-order valence-corrected chi connectivity index (χ4v) is 3.94. The van der Waals surface area contributed by atoms with Gasteiger partial charge in [-0.3, -0.25) is 9.20 Å². The predicted molar refractivity (Wildman–Crippen MR) is 88.8 cm³/mol. The number of halogens is 2. The maximum absolute atomic E-state index is 13.0. The molecule has 3 rings (SSSR count). The highest BCUT2D eigenvalue weighted by Gasteiger charge is 2.29. The summed E-state index contributed by atoms with van der Waals surface area (Å²) in [5.74, 6) is 1.03. The van der Waals surface area contributed by atoms with Gasteiger partial charge in [0.1, 0.15) is 5.69 Å². The van der Waals surface area contributed by atoms with Gasteiger partial charge in [0.15, 0.2) is 5.65 Å². The lowest BCUT2D eigenvalue weighted by Gasteiger charge is -2.35. The van der Waals surface area contributed by atoms with Crippen molar-refractivity contribution in [3.63, 3.8) is 0 Å². The summed E-state index contributed by atoms with van der Waals surface area (Å²) in [6.45, 7) is 7.77. The molecule has 2 unspecified atom stereocenters. The van der Waals surface area contributed by atoms with E-state index in [1.165, 1.54) is 0 Å². The number of carbonyl (C=O) groups is 1. The second kappa shape index (κ2) is 5.74. The first-order chi connectivity index (χ1) is 10.4. The Hall–Kier alpha value is -1.26. The molecule has 2 aromatic rings. The molecule has 3 heterocycles. The molecule has 1 fully saturated rings. The fourth-order valence-electron chi connectivity index (χ4n) is 3.42. The molecule has 1 amide bonds. The minimum atomic E-state index is 0.00160. The summed E-state index contributed by atoms with van der Waals surface area (Å²) < 4.78 is 1.71. The molecule has 6 heteroatoms. The summed E-state index contributed by atoms with van der Waals surface area (Å²) in [6, 6.07) is 1.64. The van der Waals surface area contributed by atoms with Crippen LogP contribution >= 0.6 is 23.2 Å². The topological polar surface area (TPSA) is 37.6 Å². The monoisotopic (exact) mass is 339 g/mol. The van der Waals surface area contributed by atoms with Gasteiger partial charge in [0, 0.05) is 19.3 Å². The van der Waals surface area contributed by atoms with Gasteiger partial charge in [-0.15, -0.1) is 0 Å². The number of amides is 1. The van der Waals surface area contributed by atoms with Gasteiger partial charge in [0.25, 0.3) is 5.91 Å². The Bertz CT molecular complexity index is 731. The van der Waals surface area contributed by atoms with Crippen molar-refractivity contribution in [2.75, 3.05) is 13.1 Å². The number of aryl methyl sites for hydroxylation is 1. The van der Waals surface area contributed by atoms with E-state index >= 15 is 0 Å². The molecule has 22 heavy (non-hydrogen) atoms. The number of imidazole rings is 1. The van der Waals surface area contributed by atoms with Crippen LogP contribution in [0.15, 0.2) is 12.3 Å². The van der Waals surface area contributed by atoms with E-state index in [0.717, 1.165) is 19.5 Å². The molecule has 118 valence electrons. The van der Waals surface area contributed by atoms with Crippen LogP contribution in [0.1, 0.15) is 36.5 Å². The van der Waals surface area contributed by atoms with Crippen molar-refractivity contribution in [2.24, 2.45) is 11.8 Å². The van der Waals surface area contributed by atoms with E-state index in [-0.39, 0.29) is 5.91 Å². The van der Waals surface area contributed by atoms with Crippen LogP contribution < -0.4 is 0 Å². The summed E-state index contributed by atoms with van der Waals surface area (Å²) in [7, 11) is 0. The summed E-state index contributed by atoms with van der Waals surface area (Å²) >= 11 is 12.3.